The van der Waals surface area contributed by atoms with Gasteiger partial charge in [0, 0.05) is 5.56 Å². The number of terminal acetylenes is 1. The first-order valence-corrected chi connectivity index (χ1v) is 2.56. The summed E-state index contributed by atoms with van der Waals surface area (Å²) in [6.07, 6.45) is 5.05. The van der Waals surface area contributed by atoms with Gasteiger partial charge in [0.05, 0.1) is 0 Å². The summed E-state index contributed by atoms with van der Waals surface area (Å²) in [5, 5.41) is 10.5. The molecule has 0 spiro atoms. The van der Waals surface area contributed by atoms with Crippen molar-refractivity contribution in [3.05, 3.63) is 29.8 Å². The van der Waals surface area contributed by atoms with Crippen molar-refractivity contribution in [2.24, 2.45) is 0 Å². The number of benzene rings is 1. The predicted octanol–water partition coefficient (Wildman–Crippen LogP) is 1.81. The molecular weight excluding hydrogens is 112 g/mol. The summed E-state index contributed by atoms with van der Waals surface area (Å²) in [5.74, 6) is 2.41. The molecule has 9 heavy (non-hydrogen) atoms. The molecule has 0 unspecified atom stereocenters. The van der Waals surface area contributed by atoms with Gasteiger partial charge in [-0.15, -0.1) is 6.42 Å². The van der Waals surface area contributed by atoms with Crippen LogP contribution in [0.1, 0.15) is 5.56 Å². The lowest BCUT2D eigenvalue weighted by Crippen LogP contribution is -1.68. The van der Waals surface area contributed by atoms with Gasteiger partial charge in [-0.05, 0) is 24.3 Å². The first-order valence-electron chi connectivity index (χ1n) is 2.56. The Kier molecular flexibility index (Phi) is 1.42. The Balaban J connectivity index is 3.06. The lowest BCUT2D eigenvalue weighted by Gasteiger charge is -1.86. The van der Waals surface area contributed by atoms with Crippen molar-refractivity contribution in [1.29, 1.82) is 0 Å². The van der Waals surface area contributed by atoms with E-state index >= 15 is 0 Å². The number of hydrogen-bond donors (Lipinski definition) is 0. The average molecular weight is 117 g/mol. The van der Waals surface area contributed by atoms with Crippen molar-refractivity contribution in [1.82, 2.24) is 0 Å². The Morgan fingerprint density at radius 1 is 1.22 bits per heavy atom. The highest BCUT2D eigenvalue weighted by molar-refractivity contribution is 5.35. The molecule has 0 amide bonds. The lowest BCUT2D eigenvalue weighted by molar-refractivity contribution is 0.355. The predicted molar refractivity (Wildman–Crippen MR) is 34.5 cm³/mol. The van der Waals surface area contributed by atoms with Crippen LogP contribution in [0.4, 0.5) is 0 Å². The first kappa shape index (κ1) is 5.71. The molecule has 1 aromatic carbocycles. The van der Waals surface area contributed by atoms with Gasteiger partial charge in [0.25, 0.3) is 0 Å². The van der Waals surface area contributed by atoms with Gasteiger partial charge in [-0.1, -0.05) is 5.92 Å². The van der Waals surface area contributed by atoms with Gasteiger partial charge in [-0.25, -0.2) is 0 Å². The van der Waals surface area contributed by atoms with E-state index in [1.54, 1.807) is 12.1 Å². The van der Waals surface area contributed by atoms with Crippen LogP contribution >= 0.6 is 0 Å². The fourth-order valence-corrected chi connectivity index (χ4v) is 0.551. The third-order valence-electron chi connectivity index (χ3n) is 1.02. The molecule has 0 heterocycles. The molecule has 0 saturated carbocycles. The van der Waals surface area contributed by atoms with Crippen molar-refractivity contribution in [2.45, 2.75) is 0 Å². The van der Waals surface area contributed by atoms with E-state index in [1.165, 1.54) is 12.1 Å². The zero-order chi connectivity index (χ0) is 6.69. The van der Waals surface area contributed by atoms with E-state index in [1.807, 2.05) is 0 Å². The van der Waals surface area contributed by atoms with Gasteiger partial charge in [-0.3, -0.25) is 5.11 Å². The van der Waals surface area contributed by atoms with Gasteiger partial charge < -0.3 is 0 Å². The molecule has 0 bridgehead atoms. The Labute approximate surface area is 54.0 Å². The second-order valence-electron chi connectivity index (χ2n) is 1.67. The Hall–Kier alpha value is -1.42. The first-order chi connectivity index (χ1) is 4.33. The molecule has 43 valence electrons. The third-order valence-corrected chi connectivity index (χ3v) is 1.02. The summed E-state index contributed by atoms with van der Waals surface area (Å²) in [6, 6.07) is 6.16. The molecule has 0 aliphatic carbocycles. The second kappa shape index (κ2) is 2.23. The van der Waals surface area contributed by atoms with Crippen molar-refractivity contribution in [2.75, 3.05) is 0 Å². The highest BCUT2D eigenvalue weighted by Gasteiger charge is 1.87. The Bertz CT molecular complexity index is 228. The Morgan fingerprint density at radius 3 is 2.22 bits per heavy atom. The van der Waals surface area contributed by atoms with Crippen LogP contribution in [0.25, 0.3) is 0 Å². The van der Waals surface area contributed by atoms with Crippen LogP contribution in [-0.4, -0.2) is 0 Å². The van der Waals surface area contributed by atoms with Crippen LogP contribution in [0.3, 0.4) is 0 Å². The van der Waals surface area contributed by atoms with Crippen LogP contribution in [0, 0.1) is 12.3 Å². The monoisotopic (exact) mass is 117 g/mol. The molecule has 0 aliphatic heterocycles. The maximum absolute atomic E-state index is 10.5. The van der Waals surface area contributed by atoms with Crippen molar-refractivity contribution in [3.63, 3.8) is 0 Å². The molecule has 0 aromatic heterocycles. The van der Waals surface area contributed by atoms with Crippen molar-refractivity contribution in [3.8, 4) is 18.1 Å². The molecule has 1 nitrogen and oxygen atoms in total. The van der Waals surface area contributed by atoms with E-state index < -0.39 is 0 Å². The maximum Gasteiger partial charge on any atom is 0.178 e. The van der Waals surface area contributed by atoms with Gasteiger partial charge >= 0.3 is 0 Å². The number of hydrogen-bond acceptors (Lipinski definition) is 0. The number of rotatable bonds is 0. The summed E-state index contributed by atoms with van der Waals surface area (Å²) >= 11 is 0. The van der Waals surface area contributed by atoms with Crippen molar-refractivity contribution < 1.29 is 5.11 Å². The van der Waals surface area contributed by atoms with Crippen LogP contribution in [0.2, 0.25) is 0 Å². The minimum atomic E-state index is -0.00556. The summed E-state index contributed by atoms with van der Waals surface area (Å²) in [7, 11) is 0. The van der Waals surface area contributed by atoms with Crippen LogP contribution < -0.4 is 0 Å². The van der Waals surface area contributed by atoms with E-state index in [-0.39, 0.29) is 5.75 Å². The summed E-state index contributed by atoms with van der Waals surface area (Å²) in [5.41, 5.74) is 0.745. The minimum absolute atomic E-state index is 0.00556. The molecular formula is C8H5O. The van der Waals surface area contributed by atoms with E-state index in [2.05, 4.69) is 5.92 Å². The Morgan fingerprint density at radius 2 is 1.78 bits per heavy atom. The van der Waals surface area contributed by atoms with Gasteiger partial charge in [0.15, 0.2) is 5.75 Å². The van der Waals surface area contributed by atoms with E-state index in [4.69, 9.17) is 6.42 Å². The van der Waals surface area contributed by atoms with Crippen LogP contribution in [0.5, 0.6) is 5.75 Å². The summed E-state index contributed by atoms with van der Waals surface area (Å²) < 4.78 is 0. The normalized spacial score (nSPS) is 8.33. The van der Waals surface area contributed by atoms with E-state index in [9.17, 15) is 5.11 Å². The smallest absolute Gasteiger partial charge is 0.178 e. The maximum atomic E-state index is 10.5. The van der Waals surface area contributed by atoms with E-state index in [0.717, 1.165) is 5.56 Å². The van der Waals surface area contributed by atoms with Crippen LogP contribution in [0.15, 0.2) is 24.3 Å². The van der Waals surface area contributed by atoms with Gasteiger partial charge in [-0.2, -0.15) is 0 Å². The second-order valence-corrected chi connectivity index (χ2v) is 1.67. The quantitative estimate of drug-likeness (QED) is 0.462. The SMILES string of the molecule is C#Cc1ccc([O])cc1. The molecule has 1 radical (unpaired) electrons. The van der Waals surface area contributed by atoms with Gasteiger partial charge in [0.2, 0.25) is 0 Å². The average Bonchev–Trinajstić information content (AvgIpc) is 1.90. The molecule has 0 atom stereocenters. The van der Waals surface area contributed by atoms with E-state index in [0.29, 0.717) is 0 Å². The summed E-state index contributed by atoms with van der Waals surface area (Å²) in [4.78, 5) is 0. The van der Waals surface area contributed by atoms with Crippen LogP contribution in [-0.2, 0) is 5.11 Å². The molecule has 1 aromatic rings. The molecule has 0 N–H and O–H groups in total. The largest absolute Gasteiger partial charge is 0.290 e. The fourth-order valence-electron chi connectivity index (χ4n) is 0.551. The minimum Gasteiger partial charge on any atom is -0.290 e. The molecule has 0 saturated heterocycles. The summed E-state index contributed by atoms with van der Waals surface area (Å²) in [6.45, 7) is 0. The third kappa shape index (κ3) is 1.23. The molecule has 1 rings (SSSR count). The molecule has 0 fully saturated rings. The lowest BCUT2D eigenvalue weighted by atomic mass is 10.2. The highest BCUT2D eigenvalue weighted by atomic mass is 16.3. The zero-order valence-electron chi connectivity index (χ0n) is 4.79. The topological polar surface area (TPSA) is 19.9 Å². The highest BCUT2D eigenvalue weighted by Crippen LogP contribution is 2.08. The fraction of sp³-hybridized carbons (Fsp3) is 0. The standard InChI is InChI=1S/C8H5O/c1-2-7-3-5-8(9)6-4-7/h1,3-6H. The van der Waals surface area contributed by atoms with Crippen molar-refractivity contribution >= 4 is 0 Å². The zero-order valence-corrected chi connectivity index (χ0v) is 4.79. The van der Waals surface area contributed by atoms with Gasteiger partial charge in [0.1, 0.15) is 0 Å². The molecule has 1 heteroatoms. The molecule has 0 aliphatic rings.